The summed E-state index contributed by atoms with van der Waals surface area (Å²) in [5, 5.41) is 0. The first-order valence-electron chi connectivity index (χ1n) is 10.7. The van der Waals surface area contributed by atoms with Crippen LogP contribution in [0.25, 0.3) is 0 Å². The Morgan fingerprint density at radius 3 is 2.52 bits per heavy atom. The van der Waals surface area contributed by atoms with Crippen molar-refractivity contribution in [1.29, 1.82) is 0 Å². The van der Waals surface area contributed by atoms with Gasteiger partial charge in [-0.05, 0) is 50.9 Å². The molecule has 3 rings (SSSR count). The molecule has 0 aliphatic carbocycles. The van der Waals surface area contributed by atoms with Crippen LogP contribution in [-0.2, 0) is 9.84 Å². The standard InChI is InChI=1S/C22H30FN3O4S/c1-4-5-6-11-26-12-9-17(10-13-26)29-21-16(2)22(25-15-24-21)30-20-8-7-18(14-19(20)23)31(3,27)28/h7-8,14-15,17H,4-6,9-13H2,1-3H3. The molecular weight excluding hydrogens is 421 g/mol. The van der Waals surface area contributed by atoms with Crippen LogP contribution in [0.15, 0.2) is 29.4 Å². The Hall–Kier alpha value is -2.26. The number of ether oxygens (including phenoxy) is 2. The van der Waals surface area contributed by atoms with Gasteiger partial charge in [0.05, 0.1) is 10.5 Å². The van der Waals surface area contributed by atoms with Crippen molar-refractivity contribution < 1.29 is 22.3 Å². The molecule has 0 spiro atoms. The number of aromatic nitrogens is 2. The molecule has 1 fully saturated rings. The lowest BCUT2D eigenvalue weighted by atomic mass is 10.1. The van der Waals surface area contributed by atoms with Crippen LogP contribution < -0.4 is 9.47 Å². The normalized spacial score (nSPS) is 15.7. The van der Waals surface area contributed by atoms with Gasteiger partial charge in [-0.3, -0.25) is 0 Å². The molecule has 0 radical (unpaired) electrons. The van der Waals surface area contributed by atoms with Crippen molar-refractivity contribution in [1.82, 2.24) is 14.9 Å². The fraction of sp³-hybridized carbons (Fsp3) is 0.545. The van der Waals surface area contributed by atoms with Gasteiger partial charge in [0.15, 0.2) is 21.4 Å². The summed E-state index contributed by atoms with van der Waals surface area (Å²) in [6, 6.07) is 3.52. The van der Waals surface area contributed by atoms with Gasteiger partial charge >= 0.3 is 0 Å². The quantitative estimate of drug-likeness (QED) is 0.530. The number of hydrogen-bond acceptors (Lipinski definition) is 7. The minimum atomic E-state index is -3.50. The summed E-state index contributed by atoms with van der Waals surface area (Å²) in [5.41, 5.74) is 0.569. The van der Waals surface area contributed by atoms with E-state index >= 15 is 0 Å². The first kappa shape index (κ1) is 23.4. The topological polar surface area (TPSA) is 81.6 Å². The lowest BCUT2D eigenvalue weighted by Gasteiger charge is -2.32. The molecule has 0 N–H and O–H groups in total. The number of nitrogens with zero attached hydrogens (tertiary/aromatic N) is 3. The van der Waals surface area contributed by atoms with Crippen molar-refractivity contribution in [3.63, 3.8) is 0 Å². The van der Waals surface area contributed by atoms with Crippen molar-refractivity contribution >= 4 is 9.84 Å². The number of hydrogen-bond donors (Lipinski definition) is 0. The fourth-order valence-electron chi connectivity index (χ4n) is 3.53. The zero-order chi connectivity index (χ0) is 22.4. The second kappa shape index (κ2) is 10.4. The van der Waals surface area contributed by atoms with Gasteiger partial charge in [-0.25, -0.2) is 22.8 Å². The van der Waals surface area contributed by atoms with Crippen LogP contribution >= 0.6 is 0 Å². The summed E-state index contributed by atoms with van der Waals surface area (Å²) in [5.74, 6) is -0.296. The smallest absolute Gasteiger partial charge is 0.229 e. The Kier molecular flexibility index (Phi) is 7.83. The van der Waals surface area contributed by atoms with Crippen LogP contribution in [0.5, 0.6) is 17.5 Å². The molecule has 0 amide bonds. The Morgan fingerprint density at radius 1 is 1.16 bits per heavy atom. The SMILES string of the molecule is CCCCCN1CCC(Oc2ncnc(Oc3ccc(S(C)(=O)=O)cc3F)c2C)CC1. The summed E-state index contributed by atoms with van der Waals surface area (Å²) < 4.78 is 49.2. The molecule has 0 atom stereocenters. The maximum Gasteiger partial charge on any atom is 0.229 e. The maximum atomic E-state index is 14.4. The van der Waals surface area contributed by atoms with Crippen LogP contribution in [0.4, 0.5) is 4.39 Å². The van der Waals surface area contributed by atoms with Gasteiger partial charge in [0.25, 0.3) is 0 Å². The number of rotatable bonds is 9. The lowest BCUT2D eigenvalue weighted by Crippen LogP contribution is -2.38. The zero-order valence-electron chi connectivity index (χ0n) is 18.3. The molecule has 0 unspecified atom stereocenters. The highest BCUT2D eigenvalue weighted by atomic mass is 32.2. The van der Waals surface area contributed by atoms with Crippen molar-refractivity contribution in [3.05, 3.63) is 35.9 Å². The molecule has 0 bridgehead atoms. The van der Waals surface area contributed by atoms with E-state index in [4.69, 9.17) is 9.47 Å². The number of sulfone groups is 1. The lowest BCUT2D eigenvalue weighted by molar-refractivity contribution is 0.0949. The van der Waals surface area contributed by atoms with Gasteiger partial charge in [0.1, 0.15) is 12.4 Å². The highest BCUT2D eigenvalue weighted by Crippen LogP contribution is 2.31. The number of unbranched alkanes of at least 4 members (excludes halogenated alkanes) is 2. The molecule has 0 saturated carbocycles. The van der Waals surface area contributed by atoms with E-state index in [1.165, 1.54) is 37.7 Å². The van der Waals surface area contributed by atoms with Crippen molar-refractivity contribution in [3.8, 4) is 17.5 Å². The molecule has 1 aliphatic heterocycles. The van der Waals surface area contributed by atoms with Gasteiger partial charge < -0.3 is 14.4 Å². The van der Waals surface area contributed by atoms with E-state index in [1.54, 1.807) is 6.92 Å². The molecule has 2 heterocycles. The van der Waals surface area contributed by atoms with E-state index in [9.17, 15) is 12.8 Å². The molecular formula is C22H30FN3O4S. The summed E-state index contributed by atoms with van der Waals surface area (Å²) >= 11 is 0. The van der Waals surface area contributed by atoms with Gasteiger partial charge in [-0.2, -0.15) is 0 Å². The molecule has 1 aromatic heterocycles. The highest BCUT2D eigenvalue weighted by molar-refractivity contribution is 7.90. The van der Waals surface area contributed by atoms with Gasteiger partial charge in [-0.15, -0.1) is 0 Å². The monoisotopic (exact) mass is 451 g/mol. The van der Waals surface area contributed by atoms with E-state index in [1.807, 2.05) is 0 Å². The minimum Gasteiger partial charge on any atom is -0.474 e. The molecule has 2 aromatic rings. The van der Waals surface area contributed by atoms with Crippen molar-refractivity contribution in [2.24, 2.45) is 0 Å². The van der Waals surface area contributed by atoms with E-state index < -0.39 is 15.7 Å². The summed E-state index contributed by atoms with van der Waals surface area (Å²) in [6.07, 6.45) is 7.97. The summed E-state index contributed by atoms with van der Waals surface area (Å²) in [4.78, 5) is 10.7. The Labute approximate surface area is 183 Å². The molecule has 1 aromatic carbocycles. The van der Waals surface area contributed by atoms with Gasteiger partial charge in [-0.1, -0.05) is 19.8 Å². The van der Waals surface area contributed by atoms with E-state index in [-0.39, 0.29) is 22.6 Å². The fourth-order valence-corrected chi connectivity index (χ4v) is 4.17. The predicted molar refractivity (Wildman–Crippen MR) is 116 cm³/mol. The van der Waals surface area contributed by atoms with Crippen LogP contribution in [0.3, 0.4) is 0 Å². The van der Waals surface area contributed by atoms with Crippen LogP contribution in [0.2, 0.25) is 0 Å². The highest BCUT2D eigenvalue weighted by Gasteiger charge is 2.22. The van der Waals surface area contributed by atoms with E-state index in [0.717, 1.165) is 44.8 Å². The first-order chi connectivity index (χ1) is 14.8. The Bertz CT molecular complexity index is 992. The number of likely N-dealkylation sites (tertiary alicyclic amines) is 1. The van der Waals surface area contributed by atoms with Crippen molar-refractivity contribution in [2.45, 2.75) is 57.0 Å². The molecule has 1 saturated heterocycles. The van der Waals surface area contributed by atoms with Gasteiger partial charge in [0, 0.05) is 19.3 Å². The maximum absolute atomic E-state index is 14.4. The first-order valence-corrected chi connectivity index (χ1v) is 12.5. The molecule has 1 aliphatic rings. The molecule has 9 heteroatoms. The van der Waals surface area contributed by atoms with Crippen molar-refractivity contribution in [2.75, 3.05) is 25.9 Å². The van der Waals surface area contributed by atoms with Crippen LogP contribution in [0.1, 0.15) is 44.6 Å². The zero-order valence-corrected chi connectivity index (χ0v) is 19.1. The van der Waals surface area contributed by atoms with E-state index in [2.05, 4.69) is 21.8 Å². The Morgan fingerprint density at radius 2 is 1.87 bits per heavy atom. The predicted octanol–water partition coefficient (Wildman–Crippen LogP) is 4.15. The third-order valence-corrected chi connectivity index (χ3v) is 6.53. The second-order valence-electron chi connectivity index (χ2n) is 7.94. The van der Waals surface area contributed by atoms with E-state index in [0.29, 0.717) is 11.4 Å². The number of piperidine rings is 1. The molecule has 7 nitrogen and oxygen atoms in total. The third kappa shape index (κ3) is 6.36. The average molecular weight is 452 g/mol. The Balaban J connectivity index is 1.63. The summed E-state index contributed by atoms with van der Waals surface area (Å²) in [7, 11) is -3.50. The van der Waals surface area contributed by atoms with Crippen LogP contribution in [0, 0.1) is 12.7 Å². The third-order valence-electron chi connectivity index (χ3n) is 5.42. The molecule has 170 valence electrons. The largest absolute Gasteiger partial charge is 0.474 e. The number of benzene rings is 1. The van der Waals surface area contributed by atoms with Gasteiger partial charge in [0.2, 0.25) is 11.8 Å². The molecule has 31 heavy (non-hydrogen) atoms. The minimum absolute atomic E-state index is 0.0645. The number of halogens is 1. The average Bonchev–Trinajstić information content (AvgIpc) is 2.73. The summed E-state index contributed by atoms with van der Waals surface area (Å²) in [6.45, 7) is 7.10. The van der Waals surface area contributed by atoms with Crippen LogP contribution in [-0.4, -0.2) is 55.3 Å². The second-order valence-corrected chi connectivity index (χ2v) is 9.96.